The van der Waals surface area contributed by atoms with Crippen LogP contribution in [-0.4, -0.2) is 11.4 Å². The zero-order valence-corrected chi connectivity index (χ0v) is 7.36. The van der Waals surface area contributed by atoms with Crippen molar-refractivity contribution in [3.8, 4) is 5.75 Å². The Hall–Kier alpha value is -1.57. The molecule has 0 aliphatic heterocycles. The second-order valence-electron chi connectivity index (χ2n) is 2.97. The van der Waals surface area contributed by atoms with E-state index in [0.717, 1.165) is 17.4 Å². The lowest BCUT2D eigenvalue weighted by atomic mass is 10.0. The number of allylic oxidation sites excluding steroid dienone is 1. The molecule has 2 heteroatoms. The van der Waals surface area contributed by atoms with Crippen LogP contribution in [0.15, 0.2) is 36.4 Å². The normalized spacial score (nSPS) is 9.54. The molecule has 0 amide bonds. The third-order valence-corrected chi connectivity index (χ3v) is 1.74. The summed E-state index contributed by atoms with van der Waals surface area (Å²) in [6.45, 7) is 3.76. The predicted octanol–water partition coefficient (Wildman–Crippen LogP) is 2.08. The van der Waals surface area contributed by atoms with Crippen molar-refractivity contribution in [2.24, 2.45) is 0 Å². The van der Waals surface area contributed by atoms with Gasteiger partial charge in [0.25, 0.3) is 0 Å². The van der Waals surface area contributed by atoms with Crippen molar-refractivity contribution >= 4 is 6.29 Å². The molecular weight excluding hydrogens is 164 g/mol. The number of benzene rings is 1. The number of carbonyl (C=O) groups is 1. The molecule has 0 spiro atoms. The maximum absolute atomic E-state index is 10.2. The third-order valence-electron chi connectivity index (χ3n) is 1.74. The maximum atomic E-state index is 10.2. The molecule has 0 saturated heterocycles. The van der Waals surface area contributed by atoms with Crippen LogP contribution in [0, 0.1) is 0 Å². The second-order valence-corrected chi connectivity index (χ2v) is 2.97. The highest BCUT2D eigenvalue weighted by Gasteiger charge is 1.97. The Bertz CT molecular complexity index is 316. The van der Waals surface area contributed by atoms with Crippen LogP contribution in [0.5, 0.6) is 5.75 Å². The highest BCUT2D eigenvalue weighted by molar-refractivity contribution is 5.54. The van der Waals surface area contributed by atoms with Gasteiger partial charge in [-0.15, -0.1) is 0 Å². The molecule has 1 rings (SSSR count). The molecule has 0 bridgehead atoms. The molecule has 0 aliphatic rings. The van der Waals surface area contributed by atoms with Crippen molar-refractivity contribution in [2.75, 3.05) is 0 Å². The number of phenols is 1. The van der Waals surface area contributed by atoms with Crippen LogP contribution in [-0.2, 0) is 11.2 Å². The number of aromatic hydroxyl groups is 1. The zero-order valence-electron chi connectivity index (χ0n) is 7.36. The largest absolute Gasteiger partial charge is 0.508 e. The van der Waals surface area contributed by atoms with Crippen LogP contribution in [0.1, 0.15) is 12.0 Å². The van der Waals surface area contributed by atoms with E-state index in [1.807, 2.05) is 6.07 Å². The van der Waals surface area contributed by atoms with E-state index in [0.29, 0.717) is 12.8 Å². The minimum Gasteiger partial charge on any atom is -0.508 e. The average Bonchev–Trinajstić information content (AvgIpc) is 2.04. The van der Waals surface area contributed by atoms with Crippen LogP contribution in [0.3, 0.4) is 0 Å². The highest BCUT2D eigenvalue weighted by Crippen LogP contribution is 2.14. The summed E-state index contributed by atoms with van der Waals surface area (Å²) >= 11 is 0. The SMILES string of the molecule is C=C(CC=O)Cc1cccc(O)c1. The molecule has 0 aliphatic carbocycles. The van der Waals surface area contributed by atoms with Gasteiger partial charge >= 0.3 is 0 Å². The standard InChI is InChI=1S/C11H12O2/c1-9(5-6-12)7-10-3-2-4-11(13)8-10/h2-4,6,8,13H,1,5,7H2. The van der Waals surface area contributed by atoms with Gasteiger partial charge in [-0.3, -0.25) is 0 Å². The summed E-state index contributed by atoms with van der Waals surface area (Å²) in [7, 11) is 0. The van der Waals surface area contributed by atoms with E-state index in [1.54, 1.807) is 18.2 Å². The molecule has 68 valence electrons. The molecule has 1 aromatic carbocycles. The van der Waals surface area contributed by atoms with Crippen molar-refractivity contribution in [2.45, 2.75) is 12.8 Å². The van der Waals surface area contributed by atoms with E-state index in [4.69, 9.17) is 5.11 Å². The van der Waals surface area contributed by atoms with E-state index in [1.165, 1.54) is 0 Å². The van der Waals surface area contributed by atoms with Gasteiger partial charge in [-0.25, -0.2) is 0 Å². The molecule has 0 fully saturated rings. The number of carbonyl (C=O) groups excluding carboxylic acids is 1. The molecule has 0 unspecified atom stereocenters. The van der Waals surface area contributed by atoms with Crippen molar-refractivity contribution in [3.63, 3.8) is 0 Å². The van der Waals surface area contributed by atoms with Gasteiger partial charge in [-0.05, 0) is 24.1 Å². The number of hydrogen-bond acceptors (Lipinski definition) is 2. The summed E-state index contributed by atoms with van der Waals surface area (Å²) in [5.74, 6) is 0.247. The van der Waals surface area contributed by atoms with E-state index in [9.17, 15) is 4.79 Å². The zero-order chi connectivity index (χ0) is 9.68. The monoisotopic (exact) mass is 176 g/mol. The van der Waals surface area contributed by atoms with Gasteiger partial charge in [0, 0.05) is 6.42 Å². The molecule has 13 heavy (non-hydrogen) atoms. The lowest BCUT2D eigenvalue weighted by molar-refractivity contribution is -0.107. The molecule has 0 atom stereocenters. The first-order valence-corrected chi connectivity index (χ1v) is 4.10. The Morgan fingerprint density at radius 3 is 2.92 bits per heavy atom. The van der Waals surface area contributed by atoms with Gasteiger partial charge in [0.2, 0.25) is 0 Å². The minimum absolute atomic E-state index is 0.247. The van der Waals surface area contributed by atoms with Gasteiger partial charge in [-0.1, -0.05) is 24.3 Å². The summed E-state index contributed by atoms with van der Waals surface area (Å²) in [6.07, 6.45) is 1.87. The summed E-state index contributed by atoms with van der Waals surface area (Å²) in [6, 6.07) is 6.97. The Morgan fingerprint density at radius 1 is 1.54 bits per heavy atom. The van der Waals surface area contributed by atoms with Gasteiger partial charge in [0.1, 0.15) is 12.0 Å². The molecule has 1 aromatic rings. The van der Waals surface area contributed by atoms with Gasteiger partial charge in [-0.2, -0.15) is 0 Å². The lowest BCUT2D eigenvalue weighted by Crippen LogP contribution is -1.89. The predicted molar refractivity (Wildman–Crippen MR) is 51.6 cm³/mol. The van der Waals surface area contributed by atoms with Crippen molar-refractivity contribution in [1.29, 1.82) is 0 Å². The van der Waals surface area contributed by atoms with Crippen LogP contribution >= 0.6 is 0 Å². The Balaban J connectivity index is 2.63. The minimum atomic E-state index is 0.247. The first-order chi connectivity index (χ1) is 6.22. The Morgan fingerprint density at radius 2 is 2.31 bits per heavy atom. The van der Waals surface area contributed by atoms with Crippen molar-refractivity contribution < 1.29 is 9.90 Å². The van der Waals surface area contributed by atoms with Crippen LogP contribution in [0.2, 0.25) is 0 Å². The number of phenolic OH excluding ortho intramolecular Hbond substituents is 1. The molecule has 0 heterocycles. The van der Waals surface area contributed by atoms with Crippen LogP contribution in [0.4, 0.5) is 0 Å². The summed E-state index contributed by atoms with van der Waals surface area (Å²) in [5, 5.41) is 9.16. The highest BCUT2D eigenvalue weighted by atomic mass is 16.3. The molecule has 0 saturated carbocycles. The first-order valence-electron chi connectivity index (χ1n) is 4.10. The number of aldehydes is 1. The van der Waals surface area contributed by atoms with E-state index in [-0.39, 0.29) is 5.75 Å². The Labute approximate surface area is 77.5 Å². The fourth-order valence-corrected chi connectivity index (χ4v) is 1.15. The first kappa shape index (κ1) is 9.52. The molecule has 2 nitrogen and oxygen atoms in total. The van der Waals surface area contributed by atoms with Gasteiger partial charge < -0.3 is 9.90 Å². The number of rotatable bonds is 4. The molecule has 0 aromatic heterocycles. The fraction of sp³-hybridized carbons (Fsp3) is 0.182. The summed E-state index contributed by atoms with van der Waals surface area (Å²) < 4.78 is 0. The molecule has 0 radical (unpaired) electrons. The van der Waals surface area contributed by atoms with Crippen molar-refractivity contribution in [3.05, 3.63) is 42.0 Å². The molecule has 1 N–H and O–H groups in total. The van der Waals surface area contributed by atoms with Gasteiger partial charge in [0.05, 0.1) is 0 Å². The van der Waals surface area contributed by atoms with Crippen LogP contribution < -0.4 is 0 Å². The van der Waals surface area contributed by atoms with Crippen molar-refractivity contribution in [1.82, 2.24) is 0 Å². The summed E-state index contributed by atoms with van der Waals surface area (Å²) in [5.41, 5.74) is 1.84. The van der Waals surface area contributed by atoms with Gasteiger partial charge in [0.15, 0.2) is 0 Å². The third kappa shape index (κ3) is 3.11. The van der Waals surface area contributed by atoms with E-state index < -0.39 is 0 Å². The van der Waals surface area contributed by atoms with E-state index >= 15 is 0 Å². The average molecular weight is 176 g/mol. The topological polar surface area (TPSA) is 37.3 Å². The lowest BCUT2D eigenvalue weighted by Gasteiger charge is -2.02. The van der Waals surface area contributed by atoms with E-state index in [2.05, 4.69) is 6.58 Å². The fourth-order valence-electron chi connectivity index (χ4n) is 1.15. The Kier molecular flexibility index (Phi) is 3.26. The summed E-state index contributed by atoms with van der Waals surface area (Å²) in [4.78, 5) is 10.2. The smallest absolute Gasteiger partial charge is 0.124 e. The molecular formula is C11H12O2. The maximum Gasteiger partial charge on any atom is 0.124 e. The number of hydrogen-bond donors (Lipinski definition) is 1. The quantitative estimate of drug-likeness (QED) is 0.563. The second kappa shape index (κ2) is 4.45. The van der Waals surface area contributed by atoms with Crippen LogP contribution in [0.25, 0.3) is 0 Å².